The summed E-state index contributed by atoms with van der Waals surface area (Å²) >= 11 is 0. The second-order valence-corrected chi connectivity index (χ2v) is 6.34. The van der Waals surface area contributed by atoms with Gasteiger partial charge in [0.15, 0.2) is 0 Å². The Morgan fingerprint density at radius 2 is 1.38 bits per heavy atom. The molecule has 0 fully saturated rings. The van der Waals surface area contributed by atoms with Crippen molar-refractivity contribution in [2.24, 2.45) is 0 Å². The molecular formula is C22H29NO. The number of benzene rings is 2. The molecule has 0 saturated heterocycles. The second kappa shape index (κ2) is 10.6. The molecule has 0 saturated carbocycles. The summed E-state index contributed by atoms with van der Waals surface area (Å²) < 4.78 is 0. The maximum atomic E-state index is 12.1. The predicted octanol–water partition coefficient (Wildman–Crippen LogP) is 5.30. The highest BCUT2D eigenvalue weighted by molar-refractivity contribution is 5.75. The van der Waals surface area contributed by atoms with Crippen molar-refractivity contribution in [1.29, 1.82) is 0 Å². The van der Waals surface area contributed by atoms with Gasteiger partial charge in [-0.2, -0.15) is 0 Å². The number of hydrogen-bond acceptors (Lipinski definition) is 1. The standard InChI is InChI=1S/C22H29NO/c1-2-3-4-5-12-17-22(24)23-18-21(19-13-8-6-9-14-19)20-15-10-7-11-16-20/h6-11,13-16,21H,2-5,12,17-18H2,1H3,(H,23,24). The summed E-state index contributed by atoms with van der Waals surface area (Å²) in [4.78, 5) is 12.1. The number of hydrogen-bond donors (Lipinski definition) is 1. The summed E-state index contributed by atoms with van der Waals surface area (Å²) in [5.41, 5.74) is 2.49. The van der Waals surface area contributed by atoms with Crippen LogP contribution in [0.1, 0.15) is 62.5 Å². The van der Waals surface area contributed by atoms with Crippen LogP contribution in [-0.4, -0.2) is 12.5 Å². The lowest BCUT2D eigenvalue weighted by Gasteiger charge is -2.19. The highest BCUT2D eigenvalue weighted by Gasteiger charge is 2.14. The Kier molecular flexibility index (Phi) is 8.09. The van der Waals surface area contributed by atoms with Gasteiger partial charge in [0.05, 0.1) is 0 Å². The molecule has 0 atom stereocenters. The van der Waals surface area contributed by atoms with Crippen LogP contribution in [0.3, 0.4) is 0 Å². The van der Waals surface area contributed by atoms with Gasteiger partial charge in [0.1, 0.15) is 0 Å². The van der Waals surface area contributed by atoms with E-state index in [1.807, 2.05) is 12.1 Å². The van der Waals surface area contributed by atoms with Crippen molar-refractivity contribution in [1.82, 2.24) is 5.32 Å². The van der Waals surface area contributed by atoms with Gasteiger partial charge in [0, 0.05) is 18.9 Å². The van der Waals surface area contributed by atoms with E-state index in [0.29, 0.717) is 13.0 Å². The highest BCUT2D eigenvalue weighted by atomic mass is 16.1. The molecule has 0 bridgehead atoms. The number of nitrogens with one attached hydrogen (secondary N) is 1. The Morgan fingerprint density at radius 3 is 1.92 bits per heavy atom. The third-order valence-electron chi connectivity index (χ3n) is 4.41. The van der Waals surface area contributed by atoms with E-state index in [2.05, 4.69) is 60.8 Å². The van der Waals surface area contributed by atoms with E-state index in [4.69, 9.17) is 0 Å². The number of unbranched alkanes of at least 4 members (excludes halogenated alkanes) is 4. The van der Waals surface area contributed by atoms with Crippen LogP contribution in [0.4, 0.5) is 0 Å². The Bertz CT molecular complexity index is 540. The van der Waals surface area contributed by atoms with Crippen LogP contribution in [0, 0.1) is 0 Å². The summed E-state index contributed by atoms with van der Waals surface area (Å²) in [6.07, 6.45) is 6.53. The first-order valence-corrected chi connectivity index (χ1v) is 9.18. The van der Waals surface area contributed by atoms with Crippen molar-refractivity contribution in [2.75, 3.05) is 6.54 Å². The largest absolute Gasteiger partial charge is 0.355 e. The van der Waals surface area contributed by atoms with Gasteiger partial charge in [-0.25, -0.2) is 0 Å². The van der Waals surface area contributed by atoms with Crippen molar-refractivity contribution in [2.45, 2.75) is 51.4 Å². The van der Waals surface area contributed by atoms with Crippen molar-refractivity contribution in [3.63, 3.8) is 0 Å². The van der Waals surface area contributed by atoms with Crippen LogP contribution in [0.15, 0.2) is 60.7 Å². The van der Waals surface area contributed by atoms with Gasteiger partial charge in [-0.1, -0.05) is 93.3 Å². The third-order valence-corrected chi connectivity index (χ3v) is 4.41. The molecule has 2 aromatic rings. The van der Waals surface area contributed by atoms with Crippen LogP contribution in [0.2, 0.25) is 0 Å². The molecule has 1 amide bonds. The number of carbonyl (C=O) groups is 1. The van der Waals surface area contributed by atoms with Gasteiger partial charge >= 0.3 is 0 Å². The minimum Gasteiger partial charge on any atom is -0.355 e. The Labute approximate surface area is 146 Å². The highest BCUT2D eigenvalue weighted by Crippen LogP contribution is 2.23. The van der Waals surface area contributed by atoms with E-state index >= 15 is 0 Å². The van der Waals surface area contributed by atoms with Crippen LogP contribution in [0.5, 0.6) is 0 Å². The third kappa shape index (κ3) is 6.19. The molecule has 24 heavy (non-hydrogen) atoms. The van der Waals surface area contributed by atoms with Gasteiger partial charge in [0.25, 0.3) is 0 Å². The maximum absolute atomic E-state index is 12.1. The quantitative estimate of drug-likeness (QED) is 0.591. The van der Waals surface area contributed by atoms with E-state index in [1.54, 1.807) is 0 Å². The Hall–Kier alpha value is -2.09. The lowest BCUT2D eigenvalue weighted by molar-refractivity contribution is -0.121. The molecule has 0 radical (unpaired) electrons. The molecule has 0 aliphatic rings. The van der Waals surface area contributed by atoms with E-state index < -0.39 is 0 Å². The Balaban J connectivity index is 1.89. The molecule has 1 N–H and O–H groups in total. The zero-order chi connectivity index (χ0) is 17.0. The first-order chi connectivity index (χ1) is 11.8. The fourth-order valence-electron chi connectivity index (χ4n) is 2.99. The van der Waals surface area contributed by atoms with Crippen molar-refractivity contribution in [3.8, 4) is 0 Å². The minimum atomic E-state index is 0.170. The summed E-state index contributed by atoms with van der Waals surface area (Å²) in [5.74, 6) is 0.375. The van der Waals surface area contributed by atoms with Gasteiger partial charge < -0.3 is 5.32 Å². The molecule has 0 heterocycles. The summed E-state index contributed by atoms with van der Waals surface area (Å²) in [5, 5.41) is 3.13. The number of amides is 1. The number of carbonyl (C=O) groups excluding carboxylic acids is 1. The van der Waals surface area contributed by atoms with Gasteiger partial charge in [-0.05, 0) is 17.5 Å². The van der Waals surface area contributed by atoms with Crippen LogP contribution >= 0.6 is 0 Å². The average Bonchev–Trinajstić information content (AvgIpc) is 2.63. The monoisotopic (exact) mass is 323 g/mol. The predicted molar refractivity (Wildman–Crippen MR) is 101 cm³/mol. The lowest BCUT2D eigenvalue weighted by atomic mass is 9.91. The van der Waals surface area contributed by atoms with Crippen molar-refractivity contribution >= 4 is 5.91 Å². The first-order valence-electron chi connectivity index (χ1n) is 9.18. The zero-order valence-corrected chi connectivity index (χ0v) is 14.7. The molecule has 0 aliphatic heterocycles. The van der Waals surface area contributed by atoms with Crippen LogP contribution in [0.25, 0.3) is 0 Å². The summed E-state index contributed by atoms with van der Waals surface area (Å²) in [6, 6.07) is 20.8. The molecule has 0 aliphatic carbocycles. The molecule has 0 unspecified atom stereocenters. The summed E-state index contributed by atoms with van der Waals surface area (Å²) in [7, 11) is 0. The zero-order valence-electron chi connectivity index (χ0n) is 14.7. The Morgan fingerprint density at radius 1 is 0.833 bits per heavy atom. The normalized spacial score (nSPS) is 10.8. The van der Waals surface area contributed by atoms with E-state index in [-0.39, 0.29) is 11.8 Å². The average molecular weight is 323 g/mol. The molecule has 2 aromatic carbocycles. The smallest absolute Gasteiger partial charge is 0.220 e. The molecule has 0 aromatic heterocycles. The molecular weight excluding hydrogens is 294 g/mol. The molecule has 2 rings (SSSR count). The van der Waals surface area contributed by atoms with Gasteiger partial charge in [0.2, 0.25) is 5.91 Å². The van der Waals surface area contributed by atoms with E-state index in [0.717, 1.165) is 12.8 Å². The molecule has 2 heteroatoms. The van der Waals surface area contributed by atoms with Crippen LogP contribution in [-0.2, 0) is 4.79 Å². The topological polar surface area (TPSA) is 29.1 Å². The fraction of sp³-hybridized carbons (Fsp3) is 0.409. The SMILES string of the molecule is CCCCCCCC(=O)NCC(c1ccccc1)c1ccccc1. The van der Waals surface area contributed by atoms with Crippen LogP contribution < -0.4 is 5.32 Å². The van der Waals surface area contributed by atoms with Gasteiger partial charge in [-0.15, -0.1) is 0 Å². The maximum Gasteiger partial charge on any atom is 0.220 e. The first kappa shape index (κ1) is 18.3. The minimum absolute atomic E-state index is 0.170. The lowest BCUT2D eigenvalue weighted by Crippen LogP contribution is -2.28. The number of rotatable bonds is 10. The summed E-state index contributed by atoms with van der Waals surface area (Å²) in [6.45, 7) is 2.86. The van der Waals surface area contributed by atoms with E-state index in [9.17, 15) is 4.79 Å². The van der Waals surface area contributed by atoms with E-state index in [1.165, 1.54) is 30.4 Å². The molecule has 2 nitrogen and oxygen atoms in total. The fourth-order valence-corrected chi connectivity index (χ4v) is 2.99. The molecule has 0 spiro atoms. The van der Waals surface area contributed by atoms with Crippen molar-refractivity contribution in [3.05, 3.63) is 71.8 Å². The van der Waals surface area contributed by atoms with Crippen molar-refractivity contribution < 1.29 is 4.79 Å². The second-order valence-electron chi connectivity index (χ2n) is 6.34. The van der Waals surface area contributed by atoms with Gasteiger partial charge in [-0.3, -0.25) is 4.79 Å². The molecule has 128 valence electrons.